The van der Waals surface area contributed by atoms with Gasteiger partial charge in [-0.25, -0.2) is 0 Å². The fourth-order valence-electron chi connectivity index (χ4n) is 4.10. The molecule has 1 aliphatic carbocycles. The van der Waals surface area contributed by atoms with Gasteiger partial charge in [0.15, 0.2) is 0 Å². The molecule has 3 unspecified atom stereocenters. The van der Waals surface area contributed by atoms with Crippen LogP contribution in [0.1, 0.15) is 60.3 Å². The Labute approximate surface area is 131 Å². The van der Waals surface area contributed by atoms with Crippen molar-refractivity contribution in [3.05, 3.63) is 0 Å². The molecule has 124 valence electrons. The molecule has 3 nitrogen and oxygen atoms in total. The minimum absolute atomic E-state index is 0.285. The first kappa shape index (κ1) is 17.2. The van der Waals surface area contributed by atoms with Crippen molar-refractivity contribution >= 4 is 0 Å². The van der Waals surface area contributed by atoms with Crippen molar-refractivity contribution in [2.24, 2.45) is 11.3 Å². The summed E-state index contributed by atoms with van der Waals surface area (Å²) in [5.74, 6) is 0.847. The predicted octanol–water partition coefficient (Wildman–Crippen LogP) is 3.29. The van der Waals surface area contributed by atoms with Gasteiger partial charge in [0.25, 0.3) is 0 Å². The van der Waals surface area contributed by atoms with Crippen LogP contribution in [0.2, 0.25) is 0 Å². The fraction of sp³-hybridized carbons (Fsp3) is 1.00. The van der Waals surface area contributed by atoms with Crippen LogP contribution < -0.4 is 5.32 Å². The van der Waals surface area contributed by atoms with Crippen LogP contribution >= 0.6 is 0 Å². The highest BCUT2D eigenvalue weighted by atomic mass is 16.5. The summed E-state index contributed by atoms with van der Waals surface area (Å²) in [5.41, 5.74) is 0.285. The number of hydrogen-bond donors (Lipinski definition) is 1. The Morgan fingerprint density at radius 1 is 1.24 bits per heavy atom. The molecule has 2 fully saturated rings. The van der Waals surface area contributed by atoms with E-state index in [2.05, 4.69) is 44.8 Å². The molecule has 0 bridgehead atoms. The van der Waals surface area contributed by atoms with Gasteiger partial charge in [-0.15, -0.1) is 0 Å². The van der Waals surface area contributed by atoms with E-state index in [1.54, 1.807) is 0 Å². The van der Waals surface area contributed by atoms with Crippen molar-refractivity contribution in [3.63, 3.8) is 0 Å². The second-order valence-corrected chi connectivity index (χ2v) is 7.69. The highest BCUT2D eigenvalue weighted by molar-refractivity contribution is 5.04. The van der Waals surface area contributed by atoms with E-state index in [-0.39, 0.29) is 5.41 Å². The zero-order valence-corrected chi connectivity index (χ0v) is 14.8. The van der Waals surface area contributed by atoms with Gasteiger partial charge in [0.2, 0.25) is 0 Å². The van der Waals surface area contributed by atoms with Gasteiger partial charge in [-0.2, -0.15) is 0 Å². The van der Waals surface area contributed by atoms with Crippen molar-refractivity contribution < 1.29 is 4.74 Å². The second-order valence-electron chi connectivity index (χ2n) is 7.69. The Hall–Kier alpha value is -0.120. The molecule has 0 aromatic carbocycles. The molecule has 3 atom stereocenters. The Bertz CT molecular complexity index is 310. The highest BCUT2D eigenvalue weighted by Crippen LogP contribution is 2.43. The van der Waals surface area contributed by atoms with Crippen molar-refractivity contribution in [3.8, 4) is 0 Å². The Morgan fingerprint density at radius 2 is 1.90 bits per heavy atom. The fourth-order valence-corrected chi connectivity index (χ4v) is 4.10. The Morgan fingerprint density at radius 3 is 2.43 bits per heavy atom. The molecule has 0 amide bonds. The third-order valence-corrected chi connectivity index (χ3v) is 5.89. The Balaban J connectivity index is 1.74. The average molecular weight is 296 g/mol. The molecule has 1 saturated carbocycles. The van der Waals surface area contributed by atoms with E-state index in [9.17, 15) is 0 Å². The van der Waals surface area contributed by atoms with Crippen molar-refractivity contribution in [1.82, 2.24) is 10.2 Å². The van der Waals surface area contributed by atoms with E-state index >= 15 is 0 Å². The summed E-state index contributed by atoms with van der Waals surface area (Å²) in [5, 5.41) is 3.91. The molecule has 0 aromatic rings. The molecule has 0 spiro atoms. The number of piperidine rings is 1. The summed E-state index contributed by atoms with van der Waals surface area (Å²) in [6.07, 6.45) is 5.62. The molecule has 2 aliphatic rings. The van der Waals surface area contributed by atoms with Gasteiger partial charge in [-0.05, 0) is 65.1 Å². The molecular weight excluding hydrogens is 260 g/mol. The maximum absolute atomic E-state index is 5.84. The number of nitrogens with one attached hydrogen (secondary N) is 1. The average Bonchev–Trinajstić information content (AvgIpc) is 2.47. The second kappa shape index (κ2) is 7.43. The third kappa shape index (κ3) is 4.00. The largest absolute Gasteiger partial charge is 0.378 e. The van der Waals surface area contributed by atoms with Crippen LogP contribution in [0.4, 0.5) is 0 Å². The first-order valence-electron chi connectivity index (χ1n) is 9.09. The standard InChI is InChI=1S/C18H36N2O/c1-6-10-20-11-8-15(9-12-20)14(3)19-16-13-17(21-7-2)18(16,4)5/h14-17,19H,6-13H2,1-5H3. The van der Waals surface area contributed by atoms with Crippen LogP contribution in [-0.4, -0.2) is 49.3 Å². The minimum Gasteiger partial charge on any atom is -0.378 e. The van der Waals surface area contributed by atoms with Gasteiger partial charge in [0, 0.05) is 24.1 Å². The van der Waals surface area contributed by atoms with Crippen LogP contribution in [0.15, 0.2) is 0 Å². The van der Waals surface area contributed by atoms with Crippen LogP contribution in [0.25, 0.3) is 0 Å². The molecule has 1 N–H and O–H groups in total. The summed E-state index contributed by atoms with van der Waals surface area (Å²) >= 11 is 0. The number of ether oxygens (including phenoxy) is 1. The lowest BCUT2D eigenvalue weighted by atomic mass is 9.64. The van der Waals surface area contributed by atoms with Crippen molar-refractivity contribution in [1.29, 1.82) is 0 Å². The highest BCUT2D eigenvalue weighted by Gasteiger charge is 2.49. The topological polar surface area (TPSA) is 24.5 Å². The van der Waals surface area contributed by atoms with Crippen LogP contribution in [0, 0.1) is 11.3 Å². The molecule has 2 rings (SSSR count). The van der Waals surface area contributed by atoms with Gasteiger partial charge in [0.05, 0.1) is 6.10 Å². The maximum atomic E-state index is 5.84. The zero-order valence-electron chi connectivity index (χ0n) is 14.8. The quantitative estimate of drug-likeness (QED) is 0.780. The molecule has 21 heavy (non-hydrogen) atoms. The first-order chi connectivity index (χ1) is 9.98. The van der Waals surface area contributed by atoms with Gasteiger partial charge in [0.1, 0.15) is 0 Å². The van der Waals surface area contributed by atoms with E-state index in [4.69, 9.17) is 4.74 Å². The van der Waals surface area contributed by atoms with Crippen molar-refractivity contribution in [2.75, 3.05) is 26.2 Å². The zero-order chi connectivity index (χ0) is 15.5. The molecule has 1 aliphatic heterocycles. The summed E-state index contributed by atoms with van der Waals surface area (Å²) in [7, 11) is 0. The SMILES string of the molecule is CCCN1CCC(C(C)NC2CC(OCC)C2(C)C)CC1. The van der Waals surface area contributed by atoms with Gasteiger partial charge in [-0.1, -0.05) is 20.8 Å². The van der Waals surface area contributed by atoms with E-state index in [1.165, 1.54) is 45.3 Å². The summed E-state index contributed by atoms with van der Waals surface area (Å²) < 4.78 is 5.84. The van der Waals surface area contributed by atoms with Gasteiger partial charge < -0.3 is 15.0 Å². The molecule has 0 radical (unpaired) electrons. The molecule has 0 aromatic heterocycles. The minimum atomic E-state index is 0.285. The predicted molar refractivity (Wildman–Crippen MR) is 89.7 cm³/mol. The van der Waals surface area contributed by atoms with E-state index in [0.29, 0.717) is 18.2 Å². The lowest BCUT2D eigenvalue weighted by Crippen LogP contribution is -2.63. The first-order valence-corrected chi connectivity index (χ1v) is 9.09. The monoisotopic (exact) mass is 296 g/mol. The van der Waals surface area contributed by atoms with E-state index < -0.39 is 0 Å². The lowest BCUT2D eigenvalue weighted by Gasteiger charge is -2.53. The van der Waals surface area contributed by atoms with Gasteiger partial charge in [-0.3, -0.25) is 0 Å². The summed E-state index contributed by atoms with van der Waals surface area (Å²) in [4.78, 5) is 2.63. The molecule has 3 heteroatoms. The molecule has 1 heterocycles. The Kier molecular flexibility index (Phi) is 6.10. The van der Waals surface area contributed by atoms with E-state index in [0.717, 1.165) is 12.5 Å². The van der Waals surface area contributed by atoms with Gasteiger partial charge >= 0.3 is 0 Å². The maximum Gasteiger partial charge on any atom is 0.0655 e. The van der Waals surface area contributed by atoms with Crippen LogP contribution in [0.5, 0.6) is 0 Å². The molecule has 1 saturated heterocycles. The van der Waals surface area contributed by atoms with Crippen LogP contribution in [-0.2, 0) is 4.74 Å². The number of nitrogens with zero attached hydrogens (tertiary/aromatic N) is 1. The van der Waals surface area contributed by atoms with Crippen LogP contribution in [0.3, 0.4) is 0 Å². The third-order valence-electron chi connectivity index (χ3n) is 5.89. The van der Waals surface area contributed by atoms with Crippen molar-refractivity contribution in [2.45, 2.75) is 78.5 Å². The molecular formula is C18H36N2O. The lowest BCUT2D eigenvalue weighted by molar-refractivity contribution is -0.117. The van der Waals surface area contributed by atoms with E-state index in [1.807, 2.05) is 0 Å². The number of hydrogen-bond acceptors (Lipinski definition) is 3. The normalized spacial score (nSPS) is 31.9. The smallest absolute Gasteiger partial charge is 0.0655 e. The summed E-state index contributed by atoms with van der Waals surface area (Å²) in [6.45, 7) is 16.2. The summed E-state index contributed by atoms with van der Waals surface area (Å²) in [6, 6.07) is 1.26. The number of likely N-dealkylation sites (tertiary alicyclic amines) is 1. The number of rotatable bonds is 7.